The number of hydrogen-bond acceptors (Lipinski definition) is 3. The standard InChI is InChI=1S/C14H17NO2S/c1-4-17-13(16)14(2,3)18-12-9-15-11-8-6-5-7-10(11)12/h5-9,15H,4H2,1-3H3. The number of aromatic nitrogens is 1. The van der Waals surface area contributed by atoms with Crippen molar-refractivity contribution < 1.29 is 9.53 Å². The van der Waals surface area contributed by atoms with Crippen molar-refractivity contribution in [3.05, 3.63) is 30.5 Å². The molecule has 1 heterocycles. The number of carbonyl (C=O) groups is 1. The van der Waals surface area contributed by atoms with Crippen molar-refractivity contribution in [2.45, 2.75) is 30.4 Å². The molecule has 0 bridgehead atoms. The first-order valence-electron chi connectivity index (χ1n) is 5.97. The molecular weight excluding hydrogens is 246 g/mol. The minimum Gasteiger partial charge on any atom is -0.465 e. The van der Waals surface area contributed by atoms with Crippen molar-refractivity contribution >= 4 is 28.6 Å². The first-order chi connectivity index (χ1) is 8.54. The third kappa shape index (κ3) is 2.53. The highest BCUT2D eigenvalue weighted by Crippen LogP contribution is 2.37. The van der Waals surface area contributed by atoms with E-state index >= 15 is 0 Å². The van der Waals surface area contributed by atoms with E-state index in [2.05, 4.69) is 11.1 Å². The SMILES string of the molecule is CCOC(=O)C(C)(C)Sc1c[nH]c2ccccc12. The van der Waals surface area contributed by atoms with Gasteiger partial charge in [-0.3, -0.25) is 4.79 Å². The molecule has 0 radical (unpaired) electrons. The number of fused-ring (bicyclic) bond motifs is 1. The minimum atomic E-state index is -0.582. The molecule has 1 aromatic carbocycles. The molecule has 0 spiro atoms. The molecule has 1 aromatic heterocycles. The molecule has 0 fully saturated rings. The summed E-state index contributed by atoms with van der Waals surface area (Å²) in [6.45, 7) is 6.01. The summed E-state index contributed by atoms with van der Waals surface area (Å²) >= 11 is 1.52. The Morgan fingerprint density at radius 3 is 2.83 bits per heavy atom. The number of para-hydroxylation sites is 1. The lowest BCUT2D eigenvalue weighted by molar-refractivity contribution is -0.145. The number of carbonyl (C=O) groups excluding carboxylic acids is 1. The molecule has 0 aliphatic carbocycles. The Morgan fingerprint density at radius 1 is 1.39 bits per heavy atom. The molecule has 0 atom stereocenters. The molecule has 3 nitrogen and oxygen atoms in total. The molecule has 0 aliphatic heterocycles. The number of nitrogens with one attached hydrogen (secondary N) is 1. The molecule has 0 unspecified atom stereocenters. The van der Waals surface area contributed by atoms with Crippen LogP contribution in [0.1, 0.15) is 20.8 Å². The van der Waals surface area contributed by atoms with Gasteiger partial charge in [-0.25, -0.2) is 0 Å². The van der Waals surface area contributed by atoms with Crippen LogP contribution in [0.4, 0.5) is 0 Å². The smallest absolute Gasteiger partial charge is 0.321 e. The summed E-state index contributed by atoms with van der Waals surface area (Å²) in [4.78, 5) is 16.2. The van der Waals surface area contributed by atoms with Gasteiger partial charge < -0.3 is 9.72 Å². The Balaban J connectivity index is 2.25. The zero-order chi connectivity index (χ0) is 13.2. The molecule has 0 aliphatic rings. The number of thioether (sulfide) groups is 1. The van der Waals surface area contributed by atoms with Gasteiger partial charge in [-0.15, -0.1) is 11.8 Å². The van der Waals surface area contributed by atoms with E-state index < -0.39 is 4.75 Å². The van der Waals surface area contributed by atoms with E-state index in [-0.39, 0.29) is 5.97 Å². The monoisotopic (exact) mass is 263 g/mol. The largest absolute Gasteiger partial charge is 0.465 e. The molecule has 0 saturated carbocycles. The molecule has 2 rings (SSSR count). The Hall–Kier alpha value is -1.42. The van der Waals surface area contributed by atoms with Crippen molar-refractivity contribution in [2.75, 3.05) is 6.61 Å². The van der Waals surface area contributed by atoms with E-state index in [4.69, 9.17) is 4.74 Å². The van der Waals surface area contributed by atoms with Crippen LogP contribution in [0, 0.1) is 0 Å². The summed E-state index contributed by atoms with van der Waals surface area (Å²) in [5.41, 5.74) is 1.08. The van der Waals surface area contributed by atoms with Crippen molar-refractivity contribution in [2.24, 2.45) is 0 Å². The summed E-state index contributed by atoms with van der Waals surface area (Å²) in [5.74, 6) is -0.180. The van der Waals surface area contributed by atoms with Gasteiger partial charge in [-0.2, -0.15) is 0 Å². The van der Waals surface area contributed by atoms with E-state index in [0.717, 1.165) is 15.8 Å². The fourth-order valence-corrected chi connectivity index (χ4v) is 2.85. The predicted molar refractivity (Wildman–Crippen MR) is 74.9 cm³/mol. The van der Waals surface area contributed by atoms with Gasteiger partial charge in [0.05, 0.1) is 6.61 Å². The second kappa shape index (κ2) is 5.06. The van der Waals surface area contributed by atoms with Gasteiger partial charge in [0.15, 0.2) is 0 Å². The summed E-state index contributed by atoms with van der Waals surface area (Å²) < 4.78 is 4.52. The van der Waals surface area contributed by atoms with E-state index in [1.807, 2.05) is 45.2 Å². The van der Waals surface area contributed by atoms with Crippen LogP contribution in [-0.2, 0) is 9.53 Å². The zero-order valence-corrected chi connectivity index (χ0v) is 11.6. The number of ether oxygens (including phenoxy) is 1. The summed E-state index contributed by atoms with van der Waals surface area (Å²) in [6, 6.07) is 8.06. The Morgan fingerprint density at radius 2 is 2.11 bits per heavy atom. The van der Waals surface area contributed by atoms with Crippen LogP contribution in [0.15, 0.2) is 35.4 Å². The molecular formula is C14H17NO2S. The summed E-state index contributed by atoms with van der Waals surface area (Å²) in [5, 5.41) is 1.14. The van der Waals surface area contributed by atoms with Crippen LogP contribution in [0.2, 0.25) is 0 Å². The lowest BCUT2D eigenvalue weighted by Crippen LogP contribution is -2.29. The molecule has 2 aromatic rings. The average molecular weight is 263 g/mol. The normalized spacial score (nSPS) is 11.7. The Kier molecular flexibility index (Phi) is 3.66. The first-order valence-corrected chi connectivity index (χ1v) is 6.78. The van der Waals surface area contributed by atoms with Gasteiger partial charge in [0.25, 0.3) is 0 Å². The predicted octanol–water partition coefficient (Wildman–Crippen LogP) is 3.60. The summed E-state index contributed by atoms with van der Waals surface area (Å²) in [7, 11) is 0. The summed E-state index contributed by atoms with van der Waals surface area (Å²) in [6.07, 6.45) is 1.94. The van der Waals surface area contributed by atoms with E-state index in [1.54, 1.807) is 0 Å². The van der Waals surface area contributed by atoms with Crippen LogP contribution in [-0.4, -0.2) is 22.3 Å². The molecule has 0 saturated heterocycles. The highest BCUT2D eigenvalue weighted by atomic mass is 32.2. The maximum Gasteiger partial charge on any atom is 0.321 e. The van der Waals surface area contributed by atoms with Crippen molar-refractivity contribution in [3.63, 3.8) is 0 Å². The lowest BCUT2D eigenvalue weighted by atomic mass is 10.2. The van der Waals surface area contributed by atoms with E-state index in [9.17, 15) is 4.79 Å². The number of H-pyrrole nitrogens is 1. The first kappa shape index (κ1) is 13.0. The zero-order valence-electron chi connectivity index (χ0n) is 10.8. The second-order valence-corrected chi connectivity index (χ2v) is 6.20. The lowest BCUT2D eigenvalue weighted by Gasteiger charge is -2.21. The quantitative estimate of drug-likeness (QED) is 0.677. The maximum atomic E-state index is 11.9. The molecule has 1 N–H and O–H groups in total. The third-order valence-electron chi connectivity index (χ3n) is 2.68. The minimum absolute atomic E-state index is 0.180. The van der Waals surface area contributed by atoms with Crippen LogP contribution in [0.3, 0.4) is 0 Å². The number of aromatic amines is 1. The maximum absolute atomic E-state index is 11.9. The second-order valence-electron chi connectivity index (χ2n) is 4.53. The Bertz CT molecular complexity index is 560. The highest BCUT2D eigenvalue weighted by molar-refractivity contribution is 8.01. The number of rotatable bonds is 4. The van der Waals surface area contributed by atoms with Crippen molar-refractivity contribution in [3.8, 4) is 0 Å². The molecule has 96 valence electrons. The van der Waals surface area contributed by atoms with Crippen LogP contribution in [0.5, 0.6) is 0 Å². The van der Waals surface area contributed by atoms with Gasteiger partial charge in [0, 0.05) is 22.0 Å². The molecule has 18 heavy (non-hydrogen) atoms. The van der Waals surface area contributed by atoms with Crippen molar-refractivity contribution in [1.29, 1.82) is 0 Å². The van der Waals surface area contributed by atoms with Gasteiger partial charge in [0.1, 0.15) is 4.75 Å². The van der Waals surface area contributed by atoms with Gasteiger partial charge in [-0.1, -0.05) is 18.2 Å². The fourth-order valence-electron chi connectivity index (χ4n) is 1.75. The number of esters is 1. The molecule has 0 amide bonds. The topological polar surface area (TPSA) is 42.1 Å². The van der Waals surface area contributed by atoms with Crippen LogP contribution in [0.25, 0.3) is 10.9 Å². The van der Waals surface area contributed by atoms with Crippen LogP contribution < -0.4 is 0 Å². The Labute approximate surface area is 111 Å². The number of benzene rings is 1. The van der Waals surface area contributed by atoms with Crippen LogP contribution >= 0.6 is 11.8 Å². The van der Waals surface area contributed by atoms with Gasteiger partial charge in [0.2, 0.25) is 0 Å². The van der Waals surface area contributed by atoms with Crippen molar-refractivity contribution in [1.82, 2.24) is 4.98 Å². The van der Waals surface area contributed by atoms with E-state index in [1.165, 1.54) is 11.8 Å². The number of hydrogen-bond donors (Lipinski definition) is 1. The van der Waals surface area contributed by atoms with E-state index in [0.29, 0.717) is 6.61 Å². The highest BCUT2D eigenvalue weighted by Gasteiger charge is 2.31. The van der Waals surface area contributed by atoms with Gasteiger partial charge >= 0.3 is 5.97 Å². The molecule has 4 heteroatoms. The third-order valence-corrected chi connectivity index (χ3v) is 3.92. The average Bonchev–Trinajstić information content (AvgIpc) is 2.73. The van der Waals surface area contributed by atoms with Gasteiger partial charge in [-0.05, 0) is 26.8 Å². The fraction of sp³-hybridized carbons (Fsp3) is 0.357.